The Balaban J connectivity index is 2.31. The van der Waals surface area contributed by atoms with E-state index < -0.39 is 0 Å². The summed E-state index contributed by atoms with van der Waals surface area (Å²) < 4.78 is 10.1. The largest absolute Gasteiger partial charge is 0.497 e. The van der Waals surface area contributed by atoms with E-state index in [1.807, 2.05) is 49.4 Å². The Kier molecular flexibility index (Phi) is 4.82. The van der Waals surface area contributed by atoms with Crippen molar-refractivity contribution in [3.8, 4) is 5.75 Å². The van der Waals surface area contributed by atoms with Crippen LogP contribution in [0, 0.1) is 6.92 Å². The van der Waals surface area contributed by atoms with Gasteiger partial charge < -0.3 is 14.8 Å². The molecule has 21 heavy (non-hydrogen) atoms. The monoisotopic (exact) mass is 285 g/mol. The van der Waals surface area contributed by atoms with Gasteiger partial charge in [0.1, 0.15) is 5.75 Å². The zero-order valence-corrected chi connectivity index (χ0v) is 12.5. The Bertz CT molecular complexity index is 623. The van der Waals surface area contributed by atoms with Gasteiger partial charge in [-0.25, -0.2) is 4.79 Å². The third-order valence-corrected chi connectivity index (χ3v) is 3.26. The van der Waals surface area contributed by atoms with Crippen LogP contribution in [0.2, 0.25) is 0 Å². The first-order valence-electron chi connectivity index (χ1n) is 6.70. The van der Waals surface area contributed by atoms with E-state index >= 15 is 0 Å². The minimum Gasteiger partial charge on any atom is -0.497 e. The molecule has 0 aromatic heterocycles. The van der Waals surface area contributed by atoms with Crippen molar-refractivity contribution in [2.45, 2.75) is 13.5 Å². The van der Waals surface area contributed by atoms with E-state index in [-0.39, 0.29) is 5.97 Å². The fourth-order valence-electron chi connectivity index (χ4n) is 2.18. The molecule has 0 saturated heterocycles. The summed E-state index contributed by atoms with van der Waals surface area (Å²) in [4.78, 5) is 12.0. The van der Waals surface area contributed by atoms with Crippen LogP contribution in [0.4, 0.5) is 5.69 Å². The minimum absolute atomic E-state index is 0.356. The summed E-state index contributed by atoms with van der Waals surface area (Å²) in [6.45, 7) is 2.49. The summed E-state index contributed by atoms with van der Waals surface area (Å²) >= 11 is 0. The van der Waals surface area contributed by atoms with Crippen molar-refractivity contribution in [1.29, 1.82) is 0 Å². The van der Waals surface area contributed by atoms with Crippen molar-refractivity contribution in [2.75, 3.05) is 19.5 Å². The van der Waals surface area contributed by atoms with Gasteiger partial charge >= 0.3 is 5.97 Å². The highest BCUT2D eigenvalue weighted by Crippen LogP contribution is 2.27. The molecule has 110 valence electrons. The van der Waals surface area contributed by atoms with Crippen molar-refractivity contribution >= 4 is 11.7 Å². The highest BCUT2D eigenvalue weighted by Gasteiger charge is 2.16. The van der Waals surface area contributed by atoms with E-state index in [4.69, 9.17) is 9.47 Å². The van der Waals surface area contributed by atoms with Gasteiger partial charge in [-0.05, 0) is 24.1 Å². The highest BCUT2D eigenvalue weighted by atomic mass is 16.5. The van der Waals surface area contributed by atoms with Crippen molar-refractivity contribution < 1.29 is 14.3 Å². The average Bonchev–Trinajstić information content (AvgIpc) is 2.52. The number of rotatable bonds is 5. The molecular weight excluding hydrogens is 266 g/mol. The van der Waals surface area contributed by atoms with Gasteiger partial charge in [0.15, 0.2) is 0 Å². The SMILES string of the molecule is COC(=O)c1c(C)cc(OC)cc1NCc1ccccc1. The molecule has 0 aliphatic rings. The molecule has 0 bridgehead atoms. The third kappa shape index (κ3) is 3.54. The molecule has 0 spiro atoms. The number of anilines is 1. The van der Waals surface area contributed by atoms with E-state index in [0.29, 0.717) is 23.5 Å². The molecule has 0 radical (unpaired) electrons. The summed E-state index contributed by atoms with van der Waals surface area (Å²) in [5.74, 6) is 0.349. The molecule has 4 heteroatoms. The van der Waals surface area contributed by atoms with Crippen molar-refractivity contribution in [1.82, 2.24) is 0 Å². The maximum Gasteiger partial charge on any atom is 0.340 e. The van der Waals surface area contributed by atoms with Crippen LogP contribution in [0.25, 0.3) is 0 Å². The molecule has 2 aromatic carbocycles. The van der Waals surface area contributed by atoms with E-state index in [1.54, 1.807) is 7.11 Å². The lowest BCUT2D eigenvalue weighted by Gasteiger charge is -2.15. The van der Waals surface area contributed by atoms with E-state index in [1.165, 1.54) is 7.11 Å². The van der Waals surface area contributed by atoms with E-state index in [0.717, 1.165) is 11.1 Å². The second-order valence-corrected chi connectivity index (χ2v) is 4.70. The predicted octanol–water partition coefficient (Wildman–Crippen LogP) is 3.40. The quantitative estimate of drug-likeness (QED) is 0.855. The average molecular weight is 285 g/mol. The fourth-order valence-corrected chi connectivity index (χ4v) is 2.18. The smallest absolute Gasteiger partial charge is 0.340 e. The number of aryl methyl sites for hydroxylation is 1. The third-order valence-electron chi connectivity index (χ3n) is 3.26. The molecular formula is C17H19NO3. The van der Waals surface area contributed by atoms with E-state index in [9.17, 15) is 4.79 Å². The second-order valence-electron chi connectivity index (χ2n) is 4.70. The lowest BCUT2D eigenvalue weighted by molar-refractivity contribution is 0.0601. The standard InChI is InChI=1S/C17H19NO3/c1-12-9-14(20-2)10-15(16(12)17(19)21-3)18-11-13-7-5-4-6-8-13/h4-10,18H,11H2,1-3H3. The molecule has 1 N–H and O–H groups in total. The maximum atomic E-state index is 12.0. The molecule has 0 saturated carbocycles. The number of methoxy groups -OCH3 is 2. The second kappa shape index (κ2) is 6.79. The number of ether oxygens (including phenoxy) is 2. The van der Waals surface area contributed by atoms with Gasteiger partial charge in [-0.3, -0.25) is 0 Å². The number of benzene rings is 2. The number of hydrogen-bond acceptors (Lipinski definition) is 4. The summed E-state index contributed by atoms with van der Waals surface area (Å²) in [6.07, 6.45) is 0. The molecule has 0 fully saturated rings. The molecule has 0 unspecified atom stereocenters. The molecule has 0 aliphatic heterocycles. The predicted molar refractivity (Wildman–Crippen MR) is 82.8 cm³/mol. The van der Waals surface area contributed by atoms with Crippen LogP contribution in [0.1, 0.15) is 21.5 Å². The Morgan fingerprint density at radius 1 is 1.14 bits per heavy atom. The van der Waals surface area contributed by atoms with Gasteiger partial charge in [-0.2, -0.15) is 0 Å². The summed E-state index contributed by atoms with van der Waals surface area (Å²) in [7, 11) is 2.99. The summed E-state index contributed by atoms with van der Waals surface area (Å²) in [5, 5.41) is 3.28. The molecule has 0 amide bonds. The number of carbonyl (C=O) groups is 1. The molecule has 2 aromatic rings. The number of esters is 1. The van der Waals surface area contributed by atoms with Gasteiger partial charge in [0.2, 0.25) is 0 Å². The molecule has 0 atom stereocenters. The maximum absolute atomic E-state index is 12.0. The normalized spacial score (nSPS) is 10.0. The first-order valence-corrected chi connectivity index (χ1v) is 6.70. The Hall–Kier alpha value is -2.49. The van der Waals surface area contributed by atoms with Crippen molar-refractivity contribution in [3.05, 3.63) is 59.2 Å². The van der Waals surface area contributed by atoms with Crippen LogP contribution in [0.3, 0.4) is 0 Å². The molecule has 0 heterocycles. The van der Waals surface area contributed by atoms with E-state index in [2.05, 4.69) is 5.32 Å². The molecule has 4 nitrogen and oxygen atoms in total. The molecule has 0 aliphatic carbocycles. The van der Waals surface area contributed by atoms with Crippen LogP contribution in [-0.4, -0.2) is 20.2 Å². The topological polar surface area (TPSA) is 47.6 Å². The lowest BCUT2D eigenvalue weighted by Crippen LogP contribution is -2.10. The van der Waals surface area contributed by atoms with Crippen LogP contribution < -0.4 is 10.1 Å². The number of nitrogens with one attached hydrogen (secondary N) is 1. The summed E-state index contributed by atoms with van der Waals surface area (Å²) in [5.41, 5.74) is 3.20. The van der Waals surface area contributed by atoms with Crippen LogP contribution in [0.5, 0.6) is 5.75 Å². The van der Waals surface area contributed by atoms with Crippen molar-refractivity contribution in [2.24, 2.45) is 0 Å². The van der Waals surface area contributed by atoms with Gasteiger partial charge in [-0.1, -0.05) is 30.3 Å². The van der Waals surface area contributed by atoms with Crippen LogP contribution in [0.15, 0.2) is 42.5 Å². The Labute approximate surface area is 124 Å². The zero-order valence-electron chi connectivity index (χ0n) is 12.5. The Morgan fingerprint density at radius 3 is 2.48 bits per heavy atom. The zero-order chi connectivity index (χ0) is 15.2. The van der Waals surface area contributed by atoms with Gasteiger partial charge in [0, 0.05) is 12.6 Å². The highest BCUT2D eigenvalue weighted by molar-refractivity contribution is 5.97. The van der Waals surface area contributed by atoms with Crippen LogP contribution >= 0.6 is 0 Å². The lowest BCUT2D eigenvalue weighted by atomic mass is 10.1. The van der Waals surface area contributed by atoms with Gasteiger partial charge in [-0.15, -0.1) is 0 Å². The fraction of sp³-hybridized carbons (Fsp3) is 0.235. The number of hydrogen-bond donors (Lipinski definition) is 1. The van der Waals surface area contributed by atoms with Gasteiger partial charge in [0.25, 0.3) is 0 Å². The first-order chi connectivity index (χ1) is 10.2. The summed E-state index contributed by atoms with van der Waals surface area (Å²) in [6, 6.07) is 13.6. The Morgan fingerprint density at radius 2 is 1.86 bits per heavy atom. The molecule has 2 rings (SSSR count). The van der Waals surface area contributed by atoms with Crippen LogP contribution in [-0.2, 0) is 11.3 Å². The van der Waals surface area contributed by atoms with Gasteiger partial charge in [0.05, 0.1) is 25.5 Å². The number of carbonyl (C=O) groups excluding carboxylic acids is 1. The first kappa shape index (κ1) is 14.9. The van der Waals surface area contributed by atoms with Crippen molar-refractivity contribution in [3.63, 3.8) is 0 Å². The minimum atomic E-state index is -0.356.